The summed E-state index contributed by atoms with van der Waals surface area (Å²) in [5.74, 6) is -0.859. The van der Waals surface area contributed by atoms with Crippen LogP contribution in [0.1, 0.15) is 36.8 Å². The van der Waals surface area contributed by atoms with Crippen molar-refractivity contribution >= 4 is 17.6 Å². The number of nitrogens with one attached hydrogen (secondary N) is 3. The van der Waals surface area contributed by atoms with Crippen LogP contribution < -0.4 is 16.0 Å². The van der Waals surface area contributed by atoms with Gasteiger partial charge < -0.3 is 16.0 Å². The first-order chi connectivity index (χ1) is 13.0. The molecule has 2 aromatic carbocycles. The van der Waals surface area contributed by atoms with Crippen LogP contribution in [0.4, 0.5) is 14.9 Å². The minimum atomic E-state index is -1.02. The summed E-state index contributed by atoms with van der Waals surface area (Å²) in [5.41, 5.74) is 0.861. The third kappa shape index (κ3) is 4.64. The Morgan fingerprint density at radius 2 is 1.78 bits per heavy atom. The van der Waals surface area contributed by atoms with Gasteiger partial charge in [0.25, 0.3) is 0 Å². The number of rotatable bonds is 5. The zero-order chi connectivity index (χ0) is 19.3. The van der Waals surface area contributed by atoms with Crippen LogP contribution in [0, 0.1) is 12.7 Å². The number of aryl methyl sites for hydroxylation is 1. The number of carbonyl (C=O) groups is 2. The highest BCUT2D eigenvalue weighted by Crippen LogP contribution is 2.31. The Bertz CT molecular complexity index is 817. The van der Waals surface area contributed by atoms with Crippen LogP contribution in [0.15, 0.2) is 48.5 Å². The monoisotopic (exact) mass is 369 g/mol. The fraction of sp³-hybridized carbons (Fsp3) is 0.333. The van der Waals surface area contributed by atoms with Crippen molar-refractivity contribution in [2.24, 2.45) is 0 Å². The number of amides is 3. The quantitative estimate of drug-likeness (QED) is 0.748. The largest absolute Gasteiger partial charge is 0.334 e. The molecule has 1 aliphatic carbocycles. The van der Waals surface area contributed by atoms with Crippen molar-refractivity contribution in [2.75, 3.05) is 5.32 Å². The van der Waals surface area contributed by atoms with E-state index in [2.05, 4.69) is 16.0 Å². The summed E-state index contributed by atoms with van der Waals surface area (Å²) in [6.07, 6.45) is 2.74. The lowest BCUT2D eigenvalue weighted by atomic mass is 9.96. The summed E-state index contributed by atoms with van der Waals surface area (Å²) in [7, 11) is 0. The molecule has 0 bridgehead atoms. The van der Waals surface area contributed by atoms with Crippen molar-refractivity contribution < 1.29 is 14.0 Å². The summed E-state index contributed by atoms with van der Waals surface area (Å²) in [6.45, 7) is 2.16. The number of anilines is 1. The van der Waals surface area contributed by atoms with Crippen molar-refractivity contribution in [3.63, 3.8) is 0 Å². The highest BCUT2D eigenvalue weighted by Gasteiger charge is 2.42. The van der Waals surface area contributed by atoms with E-state index in [1.807, 2.05) is 30.3 Å². The Balaban J connectivity index is 1.65. The van der Waals surface area contributed by atoms with Crippen LogP contribution in [0.3, 0.4) is 0 Å². The zero-order valence-corrected chi connectivity index (χ0v) is 15.3. The van der Waals surface area contributed by atoms with Gasteiger partial charge in [-0.25, -0.2) is 9.18 Å². The molecule has 0 atom stereocenters. The third-order valence-electron chi connectivity index (χ3n) is 4.91. The maximum Gasteiger partial charge on any atom is 0.315 e. The van der Waals surface area contributed by atoms with Gasteiger partial charge in [-0.05, 0) is 43.0 Å². The first kappa shape index (κ1) is 18.9. The molecule has 27 heavy (non-hydrogen) atoms. The molecule has 1 saturated carbocycles. The third-order valence-corrected chi connectivity index (χ3v) is 4.91. The minimum Gasteiger partial charge on any atom is -0.334 e. The molecule has 142 valence electrons. The van der Waals surface area contributed by atoms with Gasteiger partial charge in [0.15, 0.2) is 0 Å². The fourth-order valence-electron chi connectivity index (χ4n) is 3.39. The summed E-state index contributed by atoms with van der Waals surface area (Å²) in [4.78, 5) is 25.2. The first-order valence-electron chi connectivity index (χ1n) is 9.16. The molecule has 0 radical (unpaired) electrons. The van der Waals surface area contributed by atoms with Gasteiger partial charge in [0.1, 0.15) is 11.4 Å². The van der Waals surface area contributed by atoms with Crippen LogP contribution in [0.25, 0.3) is 0 Å². The second-order valence-corrected chi connectivity index (χ2v) is 7.02. The molecule has 5 nitrogen and oxygen atoms in total. The van der Waals surface area contributed by atoms with Crippen LogP contribution in [-0.2, 0) is 11.3 Å². The molecular formula is C21H24FN3O2. The normalized spacial score (nSPS) is 15.2. The molecule has 0 heterocycles. The lowest BCUT2D eigenvalue weighted by Gasteiger charge is -2.29. The highest BCUT2D eigenvalue weighted by atomic mass is 19.1. The van der Waals surface area contributed by atoms with Gasteiger partial charge in [0.2, 0.25) is 5.91 Å². The predicted octanol–water partition coefficient (Wildman–Crippen LogP) is 3.88. The van der Waals surface area contributed by atoms with E-state index < -0.39 is 17.4 Å². The van der Waals surface area contributed by atoms with E-state index in [9.17, 15) is 14.0 Å². The number of benzene rings is 2. The SMILES string of the molecule is Cc1ccc(NC(=O)C2(NC(=O)NCc3ccccc3)CCCC2)c(F)c1. The van der Waals surface area contributed by atoms with Gasteiger partial charge in [-0.3, -0.25) is 4.79 Å². The zero-order valence-electron chi connectivity index (χ0n) is 15.3. The molecule has 0 unspecified atom stereocenters. The molecule has 0 saturated heterocycles. The van der Waals surface area contributed by atoms with E-state index >= 15 is 0 Å². The van der Waals surface area contributed by atoms with Crippen molar-refractivity contribution in [1.29, 1.82) is 0 Å². The summed E-state index contributed by atoms with van der Waals surface area (Å²) in [6, 6.07) is 13.8. The van der Waals surface area contributed by atoms with E-state index in [1.54, 1.807) is 19.1 Å². The predicted molar refractivity (Wildman–Crippen MR) is 103 cm³/mol. The van der Waals surface area contributed by atoms with E-state index in [4.69, 9.17) is 0 Å². The molecule has 3 amide bonds. The molecule has 2 aromatic rings. The Kier molecular flexibility index (Phi) is 5.74. The first-order valence-corrected chi connectivity index (χ1v) is 9.16. The van der Waals surface area contributed by atoms with E-state index in [0.717, 1.165) is 24.0 Å². The van der Waals surface area contributed by atoms with Gasteiger partial charge in [0, 0.05) is 6.54 Å². The highest BCUT2D eigenvalue weighted by molar-refractivity contribution is 6.00. The maximum absolute atomic E-state index is 14.1. The number of hydrogen-bond donors (Lipinski definition) is 3. The van der Waals surface area contributed by atoms with Crippen LogP contribution in [0.2, 0.25) is 0 Å². The minimum absolute atomic E-state index is 0.128. The van der Waals surface area contributed by atoms with E-state index in [1.165, 1.54) is 6.07 Å². The molecule has 0 aliphatic heterocycles. The molecule has 0 spiro atoms. The van der Waals surface area contributed by atoms with Crippen molar-refractivity contribution in [3.8, 4) is 0 Å². The molecule has 6 heteroatoms. The van der Waals surface area contributed by atoms with Crippen LogP contribution in [-0.4, -0.2) is 17.5 Å². The van der Waals surface area contributed by atoms with E-state index in [-0.39, 0.29) is 11.6 Å². The topological polar surface area (TPSA) is 70.2 Å². The number of urea groups is 1. The molecule has 3 rings (SSSR count). The van der Waals surface area contributed by atoms with Gasteiger partial charge in [-0.2, -0.15) is 0 Å². The smallest absolute Gasteiger partial charge is 0.315 e. The maximum atomic E-state index is 14.1. The molecule has 3 N–H and O–H groups in total. The average molecular weight is 369 g/mol. The molecule has 0 aromatic heterocycles. The molecular weight excluding hydrogens is 345 g/mol. The van der Waals surface area contributed by atoms with Gasteiger partial charge in [0.05, 0.1) is 5.69 Å². The van der Waals surface area contributed by atoms with Gasteiger partial charge in [-0.1, -0.05) is 49.2 Å². The summed E-state index contributed by atoms with van der Waals surface area (Å²) < 4.78 is 14.1. The van der Waals surface area contributed by atoms with Gasteiger partial charge in [-0.15, -0.1) is 0 Å². The number of hydrogen-bond acceptors (Lipinski definition) is 2. The average Bonchev–Trinajstić information content (AvgIpc) is 3.13. The Labute approximate surface area is 158 Å². The Hall–Kier alpha value is -2.89. The van der Waals surface area contributed by atoms with Crippen LogP contribution in [0.5, 0.6) is 0 Å². The lowest BCUT2D eigenvalue weighted by Crippen LogP contribution is -2.57. The number of halogens is 1. The molecule has 1 aliphatic rings. The lowest BCUT2D eigenvalue weighted by molar-refractivity contribution is -0.121. The fourth-order valence-corrected chi connectivity index (χ4v) is 3.39. The standard InChI is InChI=1S/C21H24FN3O2/c1-15-9-10-18(17(22)13-15)24-19(26)21(11-5-6-12-21)25-20(27)23-14-16-7-3-2-4-8-16/h2-4,7-10,13H,5-6,11-12,14H2,1H3,(H,24,26)(H2,23,25,27). The Morgan fingerprint density at radius 1 is 1.07 bits per heavy atom. The second-order valence-electron chi connectivity index (χ2n) is 7.02. The summed E-state index contributed by atoms with van der Waals surface area (Å²) in [5, 5.41) is 8.26. The summed E-state index contributed by atoms with van der Waals surface area (Å²) >= 11 is 0. The van der Waals surface area contributed by atoms with Crippen molar-refractivity contribution in [2.45, 2.75) is 44.7 Å². The second kappa shape index (κ2) is 8.20. The van der Waals surface area contributed by atoms with Crippen molar-refractivity contribution in [3.05, 3.63) is 65.5 Å². The Morgan fingerprint density at radius 3 is 2.44 bits per heavy atom. The molecule has 1 fully saturated rings. The van der Waals surface area contributed by atoms with Crippen LogP contribution >= 0.6 is 0 Å². The van der Waals surface area contributed by atoms with E-state index in [0.29, 0.717) is 19.4 Å². The van der Waals surface area contributed by atoms with Gasteiger partial charge >= 0.3 is 6.03 Å². The van der Waals surface area contributed by atoms with Crippen molar-refractivity contribution in [1.82, 2.24) is 10.6 Å². The number of carbonyl (C=O) groups excluding carboxylic acids is 2.